The Labute approximate surface area is 184 Å². The minimum Gasteiger partial charge on any atom is -0.439 e. The second-order valence-corrected chi connectivity index (χ2v) is 8.10. The molecule has 2 aliphatic heterocycles. The maximum Gasteiger partial charge on any atom is 0.225 e. The summed E-state index contributed by atoms with van der Waals surface area (Å²) in [6.07, 6.45) is 12.2. The first-order valence-electron chi connectivity index (χ1n) is 10.7. The number of allylic oxidation sites excluding steroid dienone is 1. The van der Waals surface area contributed by atoms with E-state index in [1.807, 2.05) is 61.1 Å². The third-order valence-electron chi connectivity index (χ3n) is 6.19. The smallest absolute Gasteiger partial charge is 0.225 e. The van der Waals surface area contributed by atoms with E-state index in [2.05, 4.69) is 20.0 Å². The van der Waals surface area contributed by atoms with Crippen molar-refractivity contribution in [2.75, 3.05) is 5.01 Å². The number of hydrogen-bond acceptors (Lipinski definition) is 5. The largest absolute Gasteiger partial charge is 0.439 e. The number of hydrogen-bond donors (Lipinski definition) is 0. The van der Waals surface area contributed by atoms with Crippen molar-refractivity contribution in [2.45, 2.75) is 25.3 Å². The highest BCUT2D eigenvalue weighted by Gasteiger charge is 2.47. The molecular weight excluding hydrogens is 405 g/mol. The van der Waals surface area contributed by atoms with Gasteiger partial charge in [0.2, 0.25) is 17.9 Å². The predicted molar refractivity (Wildman–Crippen MR) is 123 cm³/mol. The summed E-state index contributed by atoms with van der Waals surface area (Å²) in [5, 5.41) is 2.82. The fourth-order valence-corrected chi connectivity index (χ4v) is 4.38. The van der Waals surface area contributed by atoms with E-state index in [0.717, 1.165) is 30.3 Å². The van der Waals surface area contributed by atoms with E-state index >= 15 is 4.39 Å². The maximum atomic E-state index is 16.1. The van der Waals surface area contributed by atoms with E-state index in [4.69, 9.17) is 4.74 Å². The molecule has 1 unspecified atom stereocenters. The third kappa shape index (κ3) is 2.93. The SMILES string of the molecule is Fc1c(N(C2CCC2)[N+]23C=CN=CC2=CN=C3)ccc2ccc(Oc3ccccc3)nc12. The monoisotopic (exact) mass is 426 g/mol. The Morgan fingerprint density at radius 3 is 2.66 bits per heavy atom. The second kappa shape index (κ2) is 7.39. The molecule has 1 saturated carbocycles. The van der Waals surface area contributed by atoms with Gasteiger partial charge in [0.1, 0.15) is 17.0 Å². The van der Waals surface area contributed by atoms with Crippen LogP contribution in [-0.2, 0) is 0 Å². The zero-order valence-corrected chi connectivity index (χ0v) is 17.3. The molecule has 32 heavy (non-hydrogen) atoms. The number of fused-ring (bicyclic) bond motifs is 2. The van der Waals surface area contributed by atoms with E-state index in [0.29, 0.717) is 17.3 Å². The zero-order chi connectivity index (χ0) is 21.5. The number of rotatable bonds is 5. The molecule has 6 nitrogen and oxygen atoms in total. The maximum absolute atomic E-state index is 16.1. The molecule has 0 bridgehead atoms. The average Bonchev–Trinajstić information content (AvgIpc) is 3.23. The zero-order valence-electron chi connectivity index (χ0n) is 17.3. The summed E-state index contributed by atoms with van der Waals surface area (Å²) in [5.74, 6) is 0.650. The highest BCUT2D eigenvalue weighted by Crippen LogP contribution is 2.41. The fraction of sp³-hybridized carbons (Fsp3) is 0.160. The van der Waals surface area contributed by atoms with Crippen LogP contribution < -0.4 is 9.75 Å². The summed E-state index contributed by atoms with van der Waals surface area (Å²) in [4.78, 5) is 13.2. The number of aromatic nitrogens is 1. The minimum absolute atomic E-state index is 0.190. The van der Waals surface area contributed by atoms with Gasteiger partial charge in [-0.1, -0.05) is 24.3 Å². The van der Waals surface area contributed by atoms with Gasteiger partial charge < -0.3 is 4.74 Å². The topological polar surface area (TPSA) is 50.1 Å². The van der Waals surface area contributed by atoms with Crippen LogP contribution in [0.1, 0.15) is 19.3 Å². The molecule has 1 aromatic heterocycles. The van der Waals surface area contributed by atoms with Crippen molar-refractivity contribution in [3.63, 3.8) is 0 Å². The van der Waals surface area contributed by atoms with Crippen LogP contribution in [-0.4, -0.2) is 28.2 Å². The highest BCUT2D eigenvalue weighted by atomic mass is 19.1. The van der Waals surface area contributed by atoms with Crippen molar-refractivity contribution < 1.29 is 13.7 Å². The predicted octanol–water partition coefficient (Wildman–Crippen LogP) is 5.70. The fourth-order valence-electron chi connectivity index (χ4n) is 4.38. The third-order valence-corrected chi connectivity index (χ3v) is 6.19. The number of aliphatic imine (C=N–C) groups is 2. The molecule has 3 heterocycles. The van der Waals surface area contributed by atoms with Gasteiger partial charge in [-0.2, -0.15) is 0 Å². The number of quaternary nitrogens is 1. The summed E-state index contributed by atoms with van der Waals surface area (Å²) in [5.41, 5.74) is 1.66. The van der Waals surface area contributed by atoms with Gasteiger partial charge in [-0.3, -0.25) is 4.99 Å². The number of anilines is 1. The Kier molecular flexibility index (Phi) is 4.36. The van der Waals surface area contributed by atoms with Gasteiger partial charge in [-0.25, -0.2) is 19.4 Å². The molecular formula is C25H21FN5O+. The second-order valence-electron chi connectivity index (χ2n) is 8.10. The molecule has 1 atom stereocenters. The van der Waals surface area contributed by atoms with E-state index < -0.39 is 0 Å². The van der Waals surface area contributed by atoms with Crippen molar-refractivity contribution in [3.05, 3.63) is 84.7 Å². The van der Waals surface area contributed by atoms with E-state index in [9.17, 15) is 0 Å². The first-order valence-corrected chi connectivity index (χ1v) is 10.7. The standard InChI is InChI=1S/C25H21FN5O/c26-24-22(30(19-5-4-6-19)31-14-13-27-15-20(31)16-28-17-31)11-9-18-10-12-23(29-25(18)24)32-21-7-2-1-3-8-21/h1-3,7-17,19H,4-6H2/q+1. The number of halogens is 1. The molecule has 7 heteroatoms. The van der Waals surface area contributed by atoms with Crippen molar-refractivity contribution >= 4 is 29.1 Å². The summed E-state index contributed by atoms with van der Waals surface area (Å²) in [6, 6.07) is 16.9. The summed E-state index contributed by atoms with van der Waals surface area (Å²) in [6.45, 7) is 0. The van der Waals surface area contributed by atoms with Crippen molar-refractivity contribution in [2.24, 2.45) is 9.98 Å². The summed E-state index contributed by atoms with van der Waals surface area (Å²) < 4.78 is 22.1. The van der Waals surface area contributed by atoms with Crippen LogP contribution in [0.4, 0.5) is 10.1 Å². The molecule has 0 amide bonds. The van der Waals surface area contributed by atoms with Crippen LogP contribution in [0, 0.1) is 5.82 Å². The Morgan fingerprint density at radius 1 is 1.00 bits per heavy atom. The average molecular weight is 426 g/mol. The molecule has 3 aliphatic rings. The molecule has 1 fully saturated rings. The van der Waals surface area contributed by atoms with E-state index in [1.54, 1.807) is 24.7 Å². The Bertz CT molecular complexity index is 1310. The Morgan fingerprint density at radius 2 is 1.84 bits per heavy atom. The lowest BCUT2D eigenvalue weighted by atomic mass is 9.91. The molecule has 1 aliphatic carbocycles. The molecule has 0 spiro atoms. The lowest BCUT2D eigenvalue weighted by Crippen LogP contribution is -2.61. The van der Waals surface area contributed by atoms with E-state index in [1.165, 1.54) is 0 Å². The quantitative estimate of drug-likeness (QED) is 0.492. The molecule has 3 aromatic rings. The van der Waals surface area contributed by atoms with Gasteiger partial charge in [0, 0.05) is 11.5 Å². The van der Waals surface area contributed by atoms with Crippen LogP contribution in [0.25, 0.3) is 10.9 Å². The number of pyridine rings is 1. The molecule has 2 aromatic carbocycles. The minimum atomic E-state index is -0.365. The molecule has 0 N–H and O–H groups in total. The van der Waals surface area contributed by atoms with Crippen molar-refractivity contribution in [1.29, 1.82) is 0 Å². The van der Waals surface area contributed by atoms with Crippen LogP contribution in [0.2, 0.25) is 0 Å². The molecule has 0 radical (unpaired) electrons. The van der Waals surface area contributed by atoms with Crippen LogP contribution in [0.3, 0.4) is 0 Å². The normalized spacial score (nSPS) is 21.3. The summed E-state index contributed by atoms with van der Waals surface area (Å²) in [7, 11) is 0. The molecule has 0 saturated heterocycles. The van der Waals surface area contributed by atoms with Gasteiger partial charge in [0.15, 0.2) is 12.0 Å². The molecule has 6 rings (SSSR count). The highest BCUT2D eigenvalue weighted by molar-refractivity contribution is 5.85. The van der Waals surface area contributed by atoms with Crippen LogP contribution in [0.5, 0.6) is 11.6 Å². The van der Waals surface area contributed by atoms with Crippen LogP contribution in [0.15, 0.2) is 88.9 Å². The molecule has 158 valence electrons. The van der Waals surface area contributed by atoms with Gasteiger partial charge >= 0.3 is 0 Å². The Balaban J connectivity index is 1.46. The van der Waals surface area contributed by atoms with Crippen molar-refractivity contribution in [3.8, 4) is 11.6 Å². The van der Waals surface area contributed by atoms with Crippen LogP contribution >= 0.6 is 0 Å². The number of benzene rings is 2. The lowest BCUT2D eigenvalue weighted by Gasteiger charge is -2.46. The summed E-state index contributed by atoms with van der Waals surface area (Å²) >= 11 is 0. The van der Waals surface area contributed by atoms with Gasteiger partial charge in [-0.05, 0) is 43.5 Å². The lowest BCUT2D eigenvalue weighted by molar-refractivity contribution is -0.746. The van der Waals surface area contributed by atoms with Crippen molar-refractivity contribution in [1.82, 2.24) is 4.98 Å². The van der Waals surface area contributed by atoms with Gasteiger partial charge in [0.05, 0.1) is 24.7 Å². The first kappa shape index (κ1) is 18.9. The number of ether oxygens (including phenoxy) is 1. The number of nitrogens with zero attached hydrogens (tertiary/aromatic N) is 5. The first-order chi connectivity index (χ1) is 15.7. The Hall–Kier alpha value is -3.84. The van der Waals surface area contributed by atoms with E-state index in [-0.39, 0.29) is 22.0 Å². The van der Waals surface area contributed by atoms with Gasteiger partial charge in [-0.15, -0.1) is 4.59 Å². The van der Waals surface area contributed by atoms with Gasteiger partial charge in [0.25, 0.3) is 0 Å². The number of para-hydroxylation sites is 1.